The second kappa shape index (κ2) is 3.05. The first-order valence-electron chi connectivity index (χ1n) is 5.76. The highest BCUT2D eigenvalue weighted by molar-refractivity contribution is 5.04. The van der Waals surface area contributed by atoms with Gasteiger partial charge in [0.05, 0.1) is 0 Å². The van der Waals surface area contributed by atoms with Gasteiger partial charge in [0.15, 0.2) is 0 Å². The summed E-state index contributed by atoms with van der Waals surface area (Å²) in [7, 11) is 0. The van der Waals surface area contributed by atoms with Crippen molar-refractivity contribution in [3.8, 4) is 0 Å². The van der Waals surface area contributed by atoms with E-state index in [0.29, 0.717) is 0 Å². The Kier molecular flexibility index (Phi) is 2.18. The quantitative estimate of drug-likeness (QED) is 0.554. The smallest absolute Gasteiger partial charge is 0.0292 e. The van der Waals surface area contributed by atoms with Gasteiger partial charge in [-0.15, -0.1) is 0 Å². The fourth-order valence-electron chi connectivity index (χ4n) is 3.39. The molecule has 3 atom stereocenters. The molecule has 0 aromatic rings. The number of fused-ring (bicyclic) bond motifs is 1. The lowest BCUT2D eigenvalue weighted by Gasteiger charge is -2.61. The van der Waals surface area contributed by atoms with E-state index in [4.69, 9.17) is 0 Å². The van der Waals surface area contributed by atoms with Crippen molar-refractivity contribution in [3.05, 3.63) is 0 Å². The van der Waals surface area contributed by atoms with Gasteiger partial charge in [0.2, 0.25) is 0 Å². The van der Waals surface area contributed by atoms with Crippen molar-refractivity contribution in [1.82, 2.24) is 0 Å². The first kappa shape index (κ1) is 8.59. The summed E-state index contributed by atoms with van der Waals surface area (Å²) in [6.07, 6.45) is 10.5. The summed E-state index contributed by atoms with van der Waals surface area (Å²) in [6.45, 7) is 4.83. The molecule has 0 radical (unpaired) electrons. The Morgan fingerprint density at radius 2 is 2.08 bits per heavy atom. The van der Waals surface area contributed by atoms with Gasteiger partial charge in [-0.25, -0.2) is 0 Å². The zero-order chi connectivity index (χ0) is 8.60. The largest absolute Gasteiger partial charge is 0.0654 e. The van der Waals surface area contributed by atoms with Crippen molar-refractivity contribution in [2.24, 2.45) is 17.3 Å². The minimum Gasteiger partial charge on any atom is -0.0654 e. The van der Waals surface area contributed by atoms with Crippen molar-refractivity contribution < 1.29 is 0 Å². The number of unbranched alkanes of at least 4 members (excludes halogenated alkanes) is 2. The van der Waals surface area contributed by atoms with E-state index in [-0.39, 0.29) is 0 Å². The topological polar surface area (TPSA) is 0 Å². The molecule has 0 heterocycles. The highest BCUT2D eigenvalue weighted by Crippen LogP contribution is 2.63. The highest BCUT2D eigenvalue weighted by Gasteiger charge is 2.54. The van der Waals surface area contributed by atoms with Gasteiger partial charge in [0.25, 0.3) is 0 Å². The van der Waals surface area contributed by atoms with Gasteiger partial charge in [-0.05, 0) is 42.9 Å². The van der Waals surface area contributed by atoms with E-state index in [2.05, 4.69) is 13.8 Å². The van der Waals surface area contributed by atoms with Crippen molar-refractivity contribution in [3.63, 3.8) is 0 Å². The monoisotopic (exact) mass is 166 g/mol. The number of hydrogen-bond acceptors (Lipinski definition) is 0. The van der Waals surface area contributed by atoms with Crippen LogP contribution in [0.2, 0.25) is 0 Å². The minimum absolute atomic E-state index is 0.790. The van der Waals surface area contributed by atoms with Crippen LogP contribution < -0.4 is 0 Å². The Morgan fingerprint density at radius 3 is 2.50 bits per heavy atom. The molecule has 0 nitrogen and oxygen atoms in total. The van der Waals surface area contributed by atoms with Gasteiger partial charge in [-0.1, -0.05) is 33.1 Å². The first-order valence-corrected chi connectivity index (χ1v) is 5.76. The molecule has 0 N–H and O–H groups in total. The van der Waals surface area contributed by atoms with Gasteiger partial charge >= 0.3 is 0 Å². The molecule has 2 saturated carbocycles. The Bertz CT molecular complexity index is 161. The molecule has 0 aliphatic heterocycles. The summed E-state index contributed by atoms with van der Waals surface area (Å²) in [5.41, 5.74) is 0.790. The van der Waals surface area contributed by atoms with Gasteiger partial charge in [-0.2, -0.15) is 0 Å². The third kappa shape index (κ3) is 1.20. The Balaban J connectivity index is 1.72. The lowest BCUT2D eigenvalue weighted by molar-refractivity contribution is -0.110. The second-order valence-corrected chi connectivity index (χ2v) is 5.26. The molecule has 0 aromatic heterocycles. The van der Waals surface area contributed by atoms with E-state index in [1.54, 1.807) is 19.3 Å². The lowest BCUT2D eigenvalue weighted by Crippen LogP contribution is -2.52. The minimum atomic E-state index is 0.790. The standard InChI is InChI=1S/C12H22/c1-3-4-5-8-12(2)9-10-6-7-11(10)12/h10-11H,3-9H2,1-2H3. The maximum absolute atomic E-state index is 2.53. The molecular formula is C12H22. The van der Waals surface area contributed by atoms with Crippen molar-refractivity contribution in [2.45, 2.75) is 58.8 Å². The maximum atomic E-state index is 2.53. The van der Waals surface area contributed by atoms with Crippen molar-refractivity contribution in [2.75, 3.05) is 0 Å². The molecular weight excluding hydrogens is 144 g/mol. The van der Waals surface area contributed by atoms with Gasteiger partial charge in [0.1, 0.15) is 0 Å². The molecule has 2 aliphatic carbocycles. The molecule has 0 amide bonds. The normalized spacial score (nSPS) is 44.5. The van der Waals surface area contributed by atoms with Crippen LogP contribution in [0, 0.1) is 17.3 Å². The van der Waals surface area contributed by atoms with Gasteiger partial charge in [-0.3, -0.25) is 0 Å². The Hall–Kier alpha value is 0. The molecule has 0 heteroatoms. The van der Waals surface area contributed by atoms with Crippen molar-refractivity contribution >= 4 is 0 Å². The van der Waals surface area contributed by atoms with Crippen LogP contribution in [0.4, 0.5) is 0 Å². The average molecular weight is 166 g/mol. The first-order chi connectivity index (χ1) is 5.76. The Morgan fingerprint density at radius 1 is 1.25 bits per heavy atom. The molecule has 70 valence electrons. The van der Waals surface area contributed by atoms with Crippen LogP contribution >= 0.6 is 0 Å². The average Bonchev–Trinajstić information content (AvgIpc) is 2.00. The number of rotatable bonds is 4. The van der Waals surface area contributed by atoms with E-state index in [9.17, 15) is 0 Å². The van der Waals surface area contributed by atoms with E-state index in [1.807, 2.05) is 0 Å². The molecule has 2 fully saturated rings. The van der Waals surface area contributed by atoms with E-state index >= 15 is 0 Å². The summed E-state index contributed by atoms with van der Waals surface area (Å²) in [5.74, 6) is 2.31. The van der Waals surface area contributed by atoms with Gasteiger partial charge < -0.3 is 0 Å². The van der Waals surface area contributed by atoms with Crippen LogP contribution in [0.1, 0.15) is 58.8 Å². The molecule has 0 saturated heterocycles. The zero-order valence-electron chi connectivity index (χ0n) is 8.60. The summed E-state index contributed by atoms with van der Waals surface area (Å²) in [6, 6.07) is 0. The molecule has 2 aliphatic rings. The van der Waals surface area contributed by atoms with E-state index in [1.165, 1.54) is 25.7 Å². The van der Waals surface area contributed by atoms with Crippen LogP contribution in [0.5, 0.6) is 0 Å². The maximum Gasteiger partial charge on any atom is -0.0292 e. The van der Waals surface area contributed by atoms with Crippen LogP contribution in [0.15, 0.2) is 0 Å². The SMILES string of the molecule is CCCCCC1(C)CC2CCC21. The summed E-state index contributed by atoms with van der Waals surface area (Å²) < 4.78 is 0. The molecule has 2 rings (SSSR count). The molecule has 0 aromatic carbocycles. The summed E-state index contributed by atoms with van der Waals surface area (Å²) >= 11 is 0. The van der Waals surface area contributed by atoms with Crippen LogP contribution in [0.3, 0.4) is 0 Å². The third-order valence-electron chi connectivity index (χ3n) is 4.39. The Labute approximate surface area is 76.7 Å². The number of hydrogen-bond donors (Lipinski definition) is 0. The molecule has 0 bridgehead atoms. The lowest BCUT2D eigenvalue weighted by atomic mass is 9.44. The molecule has 0 spiro atoms. The zero-order valence-corrected chi connectivity index (χ0v) is 8.60. The van der Waals surface area contributed by atoms with Crippen LogP contribution in [0.25, 0.3) is 0 Å². The predicted octanol–water partition coefficient (Wildman–Crippen LogP) is 4.00. The second-order valence-electron chi connectivity index (χ2n) is 5.26. The van der Waals surface area contributed by atoms with Crippen LogP contribution in [-0.2, 0) is 0 Å². The summed E-state index contributed by atoms with van der Waals surface area (Å²) in [5, 5.41) is 0. The van der Waals surface area contributed by atoms with E-state index < -0.39 is 0 Å². The van der Waals surface area contributed by atoms with Gasteiger partial charge in [0, 0.05) is 0 Å². The highest BCUT2D eigenvalue weighted by atomic mass is 14.6. The third-order valence-corrected chi connectivity index (χ3v) is 4.39. The molecule has 3 unspecified atom stereocenters. The van der Waals surface area contributed by atoms with E-state index in [0.717, 1.165) is 17.3 Å². The van der Waals surface area contributed by atoms with Crippen LogP contribution in [-0.4, -0.2) is 0 Å². The fraction of sp³-hybridized carbons (Fsp3) is 1.00. The predicted molar refractivity (Wildman–Crippen MR) is 53.1 cm³/mol. The summed E-state index contributed by atoms with van der Waals surface area (Å²) in [4.78, 5) is 0. The molecule has 12 heavy (non-hydrogen) atoms. The fourth-order valence-corrected chi connectivity index (χ4v) is 3.39. The van der Waals surface area contributed by atoms with Crippen molar-refractivity contribution in [1.29, 1.82) is 0 Å².